The third-order valence-electron chi connectivity index (χ3n) is 4.02. The summed E-state index contributed by atoms with van der Waals surface area (Å²) in [5.41, 5.74) is 3.86. The van der Waals surface area contributed by atoms with E-state index < -0.39 is 22.4 Å². The number of nitro benzene ring substituents is 1. The zero-order valence-electron chi connectivity index (χ0n) is 15.1. The second-order valence-electron chi connectivity index (χ2n) is 5.95. The van der Waals surface area contributed by atoms with Gasteiger partial charge in [0.05, 0.1) is 18.5 Å². The average Bonchev–Trinajstić information content (AvgIpc) is 2.71. The van der Waals surface area contributed by atoms with Gasteiger partial charge in [-0.05, 0) is 23.8 Å². The molecule has 10 nitrogen and oxygen atoms in total. The summed E-state index contributed by atoms with van der Waals surface area (Å²) in [7, 11) is 1.47. The molecule has 0 radical (unpaired) electrons. The topological polar surface area (TPSA) is 141 Å². The van der Waals surface area contributed by atoms with E-state index in [0.717, 1.165) is 0 Å². The molecule has 0 aliphatic carbocycles. The fraction of sp³-hybridized carbons (Fsp3) is 0.105. The van der Waals surface area contributed by atoms with E-state index >= 15 is 0 Å². The first-order valence-corrected chi connectivity index (χ1v) is 8.32. The molecule has 0 unspecified atom stereocenters. The Morgan fingerprint density at radius 2 is 1.83 bits per heavy atom. The Hall–Kier alpha value is -4.21. The third kappa shape index (κ3) is 4.56. The second kappa shape index (κ2) is 8.21. The molecule has 3 rings (SSSR count). The maximum Gasteiger partial charge on any atom is 0.349 e. The first kappa shape index (κ1) is 19.5. The number of carbonyl (C=O) groups is 2. The van der Waals surface area contributed by atoms with Gasteiger partial charge in [-0.1, -0.05) is 12.1 Å². The lowest BCUT2D eigenvalue weighted by atomic mass is 10.1. The van der Waals surface area contributed by atoms with Crippen molar-refractivity contribution in [2.45, 2.75) is 6.42 Å². The number of benzene rings is 2. The smallest absolute Gasteiger partial charge is 0.349 e. The summed E-state index contributed by atoms with van der Waals surface area (Å²) >= 11 is 0. The summed E-state index contributed by atoms with van der Waals surface area (Å²) < 4.78 is 10.2. The fourth-order valence-corrected chi connectivity index (χ4v) is 2.54. The maximum atomic E-state index is 12.2. The number of methoxy groups -OCH3 is 1. The lowest BCUT2D eigenvalue weighted by Gasteiger charge is -2.08. The van der Waals surface area contributed by atoms with Crippen LogP contribution in [0.25, 0.3) is 11.0 Å². The molecule has 10 heteroatoms. The van der Waals surface area contributed by atoms with Gasteiger partial charge in [0.15, 0.2) is 0 Å². The van der Waals surface area contributed by atoms with Gasteiger partial charge in [0, 0.05) is 23.6 Å². The maximum absolute atomic E-state index is 12.2. The fourth-order valence-electron chi connectivity index (χ4n) is 2.54. The largest absolute Gasteiger partial charge is 0.497 e. The first-order chi connectivity index (χ1) is 13.9. The van der Waals surface area contributed by atoms with Gasteiger partial charge >= 0.3 is 5.63 Å². The minimum Gasteiger partial charge on any atom is -0.497 e. The number of carbonyl (C=O) groups excluding carboxylic acids is 2. The number of non-ortho nitro benzene ring substituents is 1. The van der Waals surface area contributed by atoms with Crippen molar-refractivity contribution in [1.82, 2.24) is 10.9 Å². The molecule has 0 fully saturated rings. The molecule has 29 heavy (non-hydrogen) atoms. The molecular formula is C19H15N3O7. The molecule has 0 aliphatic rings. The Morgan fingerprint density at radius 1 is 1.10 bits per heavy atom. The normalized spacial score (nSPS) is 10.4. The molecule has 2 aromatic carbocycles. The molecular weight excluding hydrogens is 382 g/mol. The SMILES string of the molecule is COc1ccc2cc(C(=O)NNC(=O)Cc3ccc([N+](=O)[O-])cc3)c(=O)oc2c1. The van der Waals surface area contributed by atoms with Gasteiger partial charge in [-0.25, -0.2) is 4.79 Å². The molecule has 0 saturated heterocycles. The number of amides is 2. The minimum absolute atomic E-state index is 0.0943. The van der Waals surface area contributed by atoms with Crippen LogP contribution in [0.2, 0.25) is 0 Å². The Bertz CT molecular complexity index is 1150. The number of nitro groups is 1. The number of hydrogen-bond donors (Lipinski definition) is 2. The van der Waals surface area contributed by atoms with Crippen molar-refractivity contribution in [2.75, 3.05) is 7.11 Å². The quantitative estimate of drug-likeness (QED) is 0.379. The predicted octanol–water partition coefficient (Wildman–Crippen LogP) is 1.71. The van der Waals surface area contributed by atoms with Crippen LogP contribution in [0, 0.1) is 10.1 Å². The molecule has 1 aromatic heterocycles. The number of ether oxygens (including phenoxy) is 1. The van der Waals surface area contributed by atoms with Gasteiger partial charge in [-0.3, -0.25) is 30.6 Å². The predicted molar refractivity (Wildman–Crippen MR) is 101 cm³/mol. The standard InChI is InChI=1S/C19H15N3O7/c1-28-14-7-4-12-9-15(19(25)29-16(12)10-14)18(24)21-20-17(23)8-11-2-5-13(6-3-11)22(26)27/h2-7,9-10H,8H2,1H3,(H,20,23)(H,21,24). The highest BCUT2D eigenvalue weighted by atomic mass is 16.6. The molecule has 0 bridgehead atoms. The Kier molecular flexibility index (Phi) is 5.54. The Labute approximate surface area is 163 Å². The van der Waals surface area contributed by atoms with E-state index in [1.165, 1.54) is 43.5 Å². The van der Waals surface area contributed by atoms with E-state index in [1.807, 2.05) is 0 Å². The average molecular weight is 397 g/mol. The van der Waals surface area contributed by atoms with Crippen LogP contribution in [0.5, 0.6) is 5.75 Å². The molecule has 3 aromatic rings. The summed E-state index contributed by atoms with van der Waals surface area (Å²) in [4.78, 5) is 46.3. The van der Waals surface area contributed by atoms with Gasteiger partial charge < -0.3 is 9.15 Å². The highest BCUT2D eigenvalue weighted by Crippen LogP contribution is 2.20. The van der Waals surface area contributed by atoms with Crippen LogP contribution in [0.15, 0.2) is 57.7 Å². The van der Waals surface area contributed by atoms with Crippen molar-refractivity contribution in [2.24, 2.45) is 0 Å². The first-order valence-electron chi connectivity index (χ1n) is 8.32. The van der Waals surface area contributed by atoms with Gasteiger partial charge in [-0.15, -0.1) is 0 Å². The Morgan fingerprint density at radius 3 is 2.48 bits per heavy atom. The molecule has 0 spiro atoms. The van der Waals surface area contributed by atoms with Crippen molar-refractivity contribution >= 4 is 28.5 Å². The van der Waals surface area contributed by atoms with E-state index in [0.29, 0.717) is 16.7 Å². The van der Waals surface area contributed by atoms with Gasteiger partial charge in [0.2, 0.25) is 5.91 Å². The number of fused-ring (bicyclic) bond motifs is 1. The van der Waals surface area contributed by atoms with E-state index in [2.05, 4.69) is 10.9 Å². The molecule has 0 aliphatic heterocycles. The molecule has 0 atom stereocenters. The summed E-state index contributed by atoms with van der Waals surface area (Å²) in [6, 6.07) is 11.6. The van der Waals surface area contributed by atoms with Gasteiger partial charge in [0.25, 0.3) is 11.6 Å². The summed E-state index contributed by atoms with van der Waals surface area (Å²) in [5.74, 6) is -0.910. The molecule has 2 N–H and O–H groups in total. The zero-order chi connectivity index (χ0) is 21.0. The lowest BCUT2D eigenvalue weighted by Crippen LogP contribution is -2.43. The van der Waals surface area contributed by atoms with Crippen LogP contribution >= 0.6 is 0 Å². The van der Waals surface area contributed by atoms with E-state index in [-0.39, 0.29) is 23.3 Å². The molecule has 148 valence electrons. The Balaban J connectivity index is 1.65. The zero-order valence-corrected chi connectivity index (χ0v) is 15.1. The number of rotatable bonds is 5. The van der Waals surface area contributed by atoms with E-state index in [9.17, 15) is 24.5 Å². The lowest BCUT2D eigenvalue weighted by molar-refractivity contribution is -0.384. The number of nitrogens with zero attached hydrogens (tertiary/aromatic N) is 1. The van der Waals surface area contributed by atoms with Crippen LogP contribution in [0.3, 0.4) is 0 Å². The van der Waals surface area contributed by atoms with Crippen molar-refractivity contribution in [3.63, 3.8) is 0 Å². The van der Waals surface area contributed by atoms with E-state index in [1.54, 1.807) is 12.1 Å². The van der Waals surface area contributed by atoms with Crippen LogP contribution in [0.4, 0.5) is 5.69 Å². The van der Waals surface area contributed by atoms with Crippen LogP contribution in [-0.2, 0) is 11.2 Å². The van der Waals surface area contributed by atoms with Gasteiger partial charge in [-0.2, -0.15) is 0 Å². The van der Waals surface area contributed by atoms with Crippen LogP contribution in [0.1, 0.15) is 15.9 Å². The summed E-state index contributed by atoms with van der Waals surface area (Å²) in [6.45, 7) is 0. The number of hydrogen-bond acceptors (Lipinski definition) is 7. The minimum atomic E-state index is -0.868. The van der Waals surface area contributed by atoms with Crippen molar-refractivity contribution < 1.29 is 23.7 Å². The summed E-state index contributed by atoms with van der Waals surface area (Å²) in [5, 5.41) is 11.1. The molecule has 1 heterocycles. The molecule has 0 saturated carbocycles. The summed E-state index contributed by atoms with van der Waals surface area (Å²) in [6.07, 6.45) is -0.121. The number of nitrogens with one attached hydrogen (secondary N) is 2. The molecule has 2 amide bonds. The van der Waals surface area contributed by atoms with Crippen LogP contribution < -0.4 is 21.2 Å². The van der Waals surface area contributed by atoms with Crippen molar-refractivity contribution in [3.05, 3.63) is 80.2 Å². The number of hydrazine groups is 1. The van der Waals surface area contributed by atoms with Crippen LogP contribution in [-0.4, -0.2) is 23.8 Å². The highest BCUT2D eigenvalue weighted by molar-refractivity contribution is 5.97. The van der Waals surface area contributed by atoms with Crippen molar-refractivity contribution in [1.29, 1.82) is 0 Å². The second-order valence-corrected chi connectivity index (χ2v) is 5.95. The highest BCUT2D eigenvalue weighted by Gasteiger charge is 2.15. The third-order valence-corrected chi connectivity index (χ3v) is 4.02. The van der Waals surface area contributed by atoms with Crippen molar-refractivity contribution in [3.8, 4) is 5.75 Å². The van der Waals surface area contributed by atoms with Gasteiger partial charge in [0.1, 0.15) is 16.9 Å². The monoisotopic (exact) mass is 397 g/mol. The van der Waals surface area contributed by atoms with E-state index in [4.69, 9.17) is 9.15 Å².